The van der Waals surface area contributed by atoms with E-state index in [0.29, 0.717) is 10.6 Å². The third-order valence-electron chi connectivity index (χ3n) is 4.00. The summed E-state index contributed by atoms with van der Waals surface area (Å²) < 4.78 is 0. The Morgan fingerprint density at radius 1 is 1.29 bits per heavy atom. The predicted octanol–water partition coefficient (Wildman–Crippen LogP) is 2.38. The molecule has 1 aliphatic rings. The molecule has 0 aromatic heterocycles. The van der Waals surface area contributed by atoms with Crippen molar-refractivity contribution in [3.05, 3.63) is 34.9 Å². The molecular formula is C17H25Cl2N3O2. The first kappa shape index (κ1) is 20.7. The topological polar surface area (TPSA) is 70.2 Å². The van der Waals surface area contributed by atoms with Crippen LogP contribution in [0, 0.1) is 5.92 Å². The molecule has 1 aliphatic heterocycles. The molecule has 1 aromatic carbocycles. The molecule has 24 heavy (non-hydrogen) atoms. The summed E-state index contributed by atoms with van der Waals surface area (Å²) in [5, 5.41) is 9.47. The number of hydrogen-bond acceptors (Lipinski definition) is 3. The Labute approximate surface area is 154 Å². The molecule has 7 heteroatoms. The fourth-order valence-electron chi connectivity index (χ4n) is 2.67. The first-order valence-electron chi connectivity index (χ1n) is 8.05. The van der Waals surface area contributed by atoms with Crippen molar-refractivity contribution in [2.45, 2.75) is 38.8 Å². The van der Waals surface area contributed by atoms with Gasteiger partial charge in [-0.3, -0.25) is 9.59 Å². The molecule has 0 spiro atoms. The lowest BCUT2D eigenvalue weighted by atomic mass is 10.0. The maximum atomic E-state index is 12.5. The molecular weight excluding hydrogens is 349 g/mol. The lowest BCUT2D eigenvalue weighted by molar-refractivity contribution is -0.124. The Balaban J connectivity index is 0.00000288. The van der Waals surface area contributed by atoms with Gasteiger partial charge in [0.1, 0.15) is 6.04 Å². The molecule has 0 saturated carbocycles. The zero-order valence-corrected chi connectivity index (χ0v) is 15.5. The van der Waals surface area contributed by atoms with Crippen molar-refractivity contribution < 1.29 is 9.59 Å². The molecule has 0 bridgehead atoms. The van der Waals surface area contributed by atoms with Crippen molar-refractivity contribution in [2.24, 2.45) is 5.92 Å². The predicted molar refractivity (Wildman–Crippen MR) is 98.8 cm³/mol. The molecule has 3 N–H and O–H groups in total. The number of amides is 2. The zero-order valence-electron chi connectivity index (χ0n) is 14.0. The molecule has 2 amide bonds. The normalized spacial score (nSPS) is 18.4. The molecule has 1 saturated heterocycles. The number of nitrogens with one attached hydrogen (secondary N) is 3. The van der Waals surface area contributed by atoms with Crippen molar-refractivity contribution in [2.75, 3.05) is 13.1 Å². The van der Waals surface area contributed by atoms with Gasteiger partial charge >= 0.3 is 0 Å². The van der Waals surface area contributed by atoms with E-state index < -0.39 is 6.04 Å². The first-order chi connectivity index (χ1) is 11.0. The number of halogens is 2. The molecule has 5 nitrogen and oxygen atoms in total. The van der Waals surface area contributed by atoms with Crippen LogP contribution < -0.4 is 16.0 Å². The van der Waals surface area contributed by atoms with Crippen molar-refractivity contribution in [3.63, 3.8) is 0 Å². The highest BCUT2D eigenvalue weighted by Crippen LogP contribution is 2.15. The Morgan fingerprint density at radius 3 is 2.58 bits per heavy atom. The average Bonchev–Trinajstić information content (AvgIpc) is 2.53. The van der Waals surface area contributed by atoms with E-state index >= 15 is 0 Å². The Hall–Kier alpha value is -1.30. The summed E-state index contributed by atoms with van der Waals surface area (Å²) in [5.74, 6) is -0.488. The highest BCUT2D eigenvalue weighted by atomic mass is 35.5. The number of hydrogen-bond donors (Lipinski definition) is 3. The van der Waals surface area contributed by atoms with Crippen LogP contribution in [0.25, 0.3) is 0 Å². The highest BCUT2D eigenvalue weighted by molar-refractivity contribution is 6.33. The van der Waals surface area contributed by atoms with Crippen molar-refractivity contribution >= 4 is 35.8 Å². The summed E-state index contributed by atoms with van der Waals surface area (Å²) in [6.07, 6.45) is 2.01. The monoisotopic (exact) mass is 373 g/mol. The van der Waals surface area contributed by atoms with Crippen LogP contribution in [0.4, 0.5) is 0 Å². The van der Waals surface area contributed by atoms with Crippen LogP contribution in [0.2, 0.25) is 5.02 Å². The van der Waals surface area contributed by atoms with E-state index in [9.17, 15) is 9.59 Å². The Kier molecular flexibility index (Phi) is 8.53. The van der Waals surface area contributed by atoms with Gasteiger partial charge in [0.2, 0.25) is 5.91 Å². The van der Waals surface area contributed by atoms with Gasteiger partial charge in [-0.2, -0.15) is 0 Å². The molecule has 2 rings (SSSR count). The van der Waals surface area contributed by atoms with Gasteiger partial charge in [0.15, 0.2) is 0 Å². The minimum absolute atomic E-state index is 0. The molecule has 0 aliphatic carbocycles. The molecule has 0 radical (unpaired) electrons. The van der Waals surface area contributed by atoms with Gasteiger partial charge in [0, 0.05) is 12.6 Å². The van der Waals surface area contributed by atoms with Crippen LogP contribution >= 0.6 is 24.0 Å². The van der Waals surface area contributed by atoms with Crippen molar-refractivity contribution in [1.29, 1.82) is 0 Å². The number of piperidine rings is 1. The quantitative estimate of drug-likeness (QED) is 0.741. The molecule has 1 fully saturated rings. The minimum atomic E-state index is -0.583. The smallest absolute Gasteiger partial charge is 0.253 e. The van der Waals surface area contributed by atoms with E-state index in [1.54, 1.807) is 24.3 Å². The summed E-state index contributed by atoms with van der Waals surface area (Å²) in [5.41, 5.74) is 0.381. The van der Waals surface area contributed by atoms with E-state index in [4.69, 9.17) is 11.6 Å². The lowest BCUT2D eigenvalue weighted by Gasteiger charge is -2.28. The number of rotatable bonds is 5. The molecule has 1 heterocycles. The molecule has 1 unspecified atom stereocenters. The van der Waals surface area contributed by atoms with Crippen LogP contribution in [-0.4, -0.2) is 37.0 Å². The summed E-state index contributed by atoms with van der Waals surface area (Å²) >= 11 is 6.05. The van der Waals surface area contributed by atoms with Crippen LogP contribution in [0.15, 0.2) is 24.3 Å². The maximum Gasteiger partial charge on any atom is 0.253 e. The van der Waals surface area contributed by atoms with Gasteiger partial charge in [0.05, 0.1) is 10.6 Å². The van der Waals surface area contributed by atoms with Gasteiger partial charge in [-0.05, 0) is 37.4 Å². The molecule has 134 valence electrons. The second-order valence-electron chi connectivity index (χ2n) is 6.23. The fraction of sp³-hybridized carbons (Fsp3) is 0.529. The van der Waals surface area contributed by atoms with Crippen LogP contribution in [-0.2, 0) is 4.79 Å². The van der Waals surface area contributed by atoms with Gasteiger partial charge in [0.25, 0.3) is 5.91 Å². The first-order valence-corrected chi connectivity index (χ1v) is 8.43. The number of carbonyl (C=O) groups is 2. The SMILES string of the molecule is CC(C)C(NC(=O)c1ccccc1Cl)C(=O)N[C@H]1CCCNC1.Cl. The van der Waals surface area contributed by atoms with Gasteiger partial charge < -0.3 is 16.0 Å². The number of benzene rings is 1. The zero-order chi connectivity index (χ0) is 16.8. The van der Waals surface area contributed by atoms with Crippen molar-refractivity contribution in [1.82, 2.24) is 16.0 Å². The fourth-order valence-corrected chi connectivity index (χ4v) is 2.89. The third kappa shape index (κ3) is 5.65. The van der Waals surface area contributed by atoms with E-state index in [1.807, 2.05) is 13.8 Å². The average molecular weight is 374 g/mol. The van der Waals surface area contributed by atoms with Crippen LogP contribution in [0.3, 0.4) is 0 Å². The standard InChI is InChI=1S/C17H24ClN3O2.ClH/c1-11(2)15(17(23)20-12-6-5-9-19-10-12)21-16(22)13-7-3-4-8-14(13)18;/h3-4,7-8,11-12,15,19H,5-6,9-10H2,1-2H3,(H,20,23)(H,21,22);1H/t12-,15?;/m0./s1. The minimum Gasteiger partial charge on any atom is -0.350 e. The van der Waals surface area contributed by atoms with Crippen LogP contribution in [0.5, 0.6) is 0 Å². The summed E-state index contributed by atoms with van der Waals surface area (Å²) in [7, 11) is 0. The third-order valence-corrected chi connectivity index (χ3v) is 4.33. The van der Waals surface area contributed by atoms with Crippen molar-refractivity contribution in [3.8, 4) is 0 Å². The lowest BCUT2D eigenvalue weighted by Crippen LogP contribution is -2.54. The van der Waals surface area contributed by atoms with E-state index in [1.165, 1.54) is 0 Å². The summed E-state index contributed by atoms with van der Waals surface area (Å²) in [4.78, 5) is 24.9. The summed E-state index contributed by atoms with van der Waals surface area (Å²) in [6, 6.07) is 6.36. The Bertz CT molecular complexity index is 561. The van der Waals surface area contributed by atoms with E-state index in [0.717, 1.165) is 25.9 Å². The van der Waals surface area contributed by atoms with Gasteiger partial charge in [-0.25, -0.2) is 0 Å². The second kappa shape index (κ2) is 9.87. The Morgan fingerprint density at radius 2 is 2.00 bits per heavy atom. The maximum absolute atomic E-state index is 12.5. The second-order valence-corrected chi connectivity index (χ2v) is 6.63. The molecule has 2 atom stereocenters. The van der Waals surface area contributed by atoms with Crippen LogP contribution in [0.1, 0.15) is 37.0 Å². The largest absolute Gasteiger partial charge is 0.350 e. The van der Waals surface area contributed by atoms with Gasteiger partial charge in [-0.15, -0.1) is 12.4 Å². The molecule has 1 aromatic rings. The van der Waals surface area contributed by atoms with E-state index in [-0.39, 0.29) is 36.2 Å². The number of carbonyl (C=O) groups excluding carboxylic acids is 2. The summed E-state index contributed by atoms with van der Waals surface area (Å²) in [6.45, 7) is 5.59. The highest BCUT2D eigenvalue weighted by Gasteiger charge is 2.27. The van der Waals surface area contributed by atoms with E-state index in [2.05, 4.69) is 16.0 Å². The van der Waals surface area contributed by atoms with Gasteiger partial charge in [-0.1, -0.05) is 37.6 Å².